The molecule has 0 spiro atoms. The van der Waals surface area contributed by atoms with Crippen LogP contribution in [-0.2, 0) is 6.54 Å². The Hall–Kier alpha value is -0.610. The Kier molecular flexibility index (Phi) is 4.55. The van der Waals surface area contributed by atoms with E-state index in [-0.39, 0.29) is 0 Å². The van der Waals surface area contributed by atoms with Crippen LogP contribution in [0.15, 0.2) is 0 Å². The molecule has 2 fully saturated rings. The second kappa shape index (κ2) is 6.25. The number of nitrogens with one attached hydrogen (secondary N) is 1. The average Bonchev–Trinajstić information content (AvgIpc) is 3.32. The van der Waals surface area contributed by atoms with Gasteiger partial charge in [-0.1, -0.05) is 13.8 Å². The van der Waals surface area contributed by atoms with E-state index in [9.17, 15) is 0 Å². The summed E-state index contributed by atoms with van der Waals surface area (Å²) in [6.07, 6.45) is 5.39. The topological polar surface area (TPSA) is 28.2 Å². The van der Waals surface area contributed by atoms with Crippen molar-refractivity contribution in [3.05, 3.63) is 10.6 Å². The maximum atomic E-state index is 5.05. The molecule has 118 valence electrons. The molecular weight excluding hydrogens is 278 g/mol. The molecule has 2 saturated carbocycles. The Morgan fingerprint density at radius 2 is 1.90 bits per heavy atom. The van der Waals surface area contributed by atoms with Gasteiger partial charge >= 0.3 is 0 Å². The lowest BCUT2D eigenvalue weighted by atomic mass is 10.2. The van der Waals surface area contributed by atoms with Crippen LogP contribution >= 0.6 is 11.3 Å². The van der Waals surface area contributed by atoms with Crippen LogP contribution in [0.25, 0.3) is 0 Å². The van der Waals surface area contributed by atoms with E-state index in [2.05, 4.69) is 37.9 Å². The molecule has 1 aromatic heterocycles. The van der Waals surface area contributed by atoms with Crippen molar-refractivity contribution in [2.24, 2.45) is 5.92 Å². The third-order valence-electron chi connectivity index (χ3n) is 4.24. The fourth-order valence-corrected chi connectivity index (χ4v) is 3.94. The largest absolute Gasteiger partial charge is 0.345 e. The highest BCUT2D eigenvalue weighted by Gasteiger charge is 2.31. The molecule has 2 aliphatic rings. The maximum Gasteiger partial charge on any atom is 0.186 e. The Bertz CT molecular complexity index is 472. The summed E-state index contributed by atoms with van der Waals surface area (Å²) in [5, 5.41) is 4.91. The lowest BCUT2D eigenvalue weighted by Crippen LogP contribution is -2.34. The summed E-state index contributed by atoms with van der Waals surface area (Å²) in [6, 6.07) is 1.30. The second-order valence-electron chi connectivity index (χ2n) is 7.37. The van der Waals surface area contributed by atoms with Gasteiger partial charge in [0.05, 0.1) is 5.69 Å². The number of hydrogen-bond acceptors (Lipinski definition) is 4. The van der Waals surface area contributed by atoms with Crippen LogP contribution in [0.5, 0.6) is 0 Å². The Balaban J connectivity index is 1.77. The molecule has 2 aliphatic carbocycles. The van der Waals surface area contributed by atoms with Gasteiger partial charge in [-0.05, 0) is 45.4 Å². The third-order valence-corrected chi connectivity index (χ3v) is 5.35. The van der Waals surface area contributed by atoms with Crippen LogP contribution in [0.2, 0.25) is 0 Å². The van der Waals surface area contributed by atoms with Crippen LogP contribution in [0.4, 0.5) is 5.13 Å². The predicted octanol–water partition coefficient (Wildman–Crippen LogP) is 4.14. The zero-order chi connectivity index (χ0) is 15.0. The zero-order valence-electron chi connectivity index (χ0n) is 13.9. The van der Waals surface area contributed by atoms with Crippen LogP contribution in [-0.4, -0.2) is 23.6 Å². The minimum atomic E-state index is 0.523. The van der Waals surface area contributed by atoms with Gasteiger partial charge in [0.1, 0.15) is 0 Å². The molecule has 0 atom stereocenters. The van der Waals surface area contributed by atoms with Gasteiger partial charge in [-0.3, -0.25) is 0 Å². The second-order valence-corrected chi connectivity index (χ2v) is 8.44. The molecule has 4 heteroatoms. The van der Waals surface area contributed by atoms with Gasteiger partial charge in [-0.2, -0.15) is 0 Å². The van der Waals surface area contributed by atoms with Crippen molar-refractivity contribution in [2.75, 3.05) is 11.4 Å². The van der Waals surface area contributed by atoms with Gasteiger partial charge in [0.2, 0.25) is 0 Å². The molecule has 0 aliphatic heterocycles. The van der Waals surface area contributed by atoms with Crippen molar-refractivity contribution in [1.29, 1.82) is 0 Å². The van der Waals surface area contributed by atoms with Gasteiger partial charge in [-0.25, -0.2) is 4.98 Å². The van der Waals surface area contributed by atoms with Gasteiger partial charge in [-0.15, -0.1) is 11.3 Å². The van der Waals surface area contributed by atoms with Crippen molar-refractivity contribution in [2.45, 2.75) is 77.9 Å². The predicted molar refractivity (Wildman–Crippen MR) is 91.3 cm³/mol. The molecule has 21 heavy (non-hydrogen) atoms. The smallest absolute Gasteiger partial charge is 0.186 e. The first-order valence-corrected chi connectivity index (χ1v) is 9.36. The van der Waals surface area contributed by atoms with Crippen molar-refractivity contribution in [1.82, 2.24) is 10.3 Å². The van der Waals surface area contributed by atoms with Gasteiger partial charge in [0, 0.05) is 36.0 Å². The average molecular weight is 308 g/mol. The standard InChI is InChI=1S/C17H29N3S/c1-11(2)10-20(12(3)4)17-19-16(13-5-6-13)15(21-17)9-18-14-7-8-14/h11-14,18H,5-10H2,1-4H3. The van der Waals surface area contributed by atoms with Crippen molar-refractivity contribution >= 4 is 16.5 Å². The summed E-state index contributed by atoms with van der Waals surface area (Å²) in [6.45, 7) is 11.3. The van der Waals surface area contributed by atoms with Crippen molar-refractivity contribution < 1.29 is 0 Å². The van der Waals surface area contributed by atoms with E-state index in [0.717, 1.165) is 25.0 Å². The van der Waals surface area contributed by atoms with E-state index in [4.69, 9.17) is 4.98 Å². The molecule has 0 bridgehead atoms. The third kappa shape index (κ3) is 3.98. The van der Waals surface area contributed by atoms with E-state index < -0.39 is 0 Å². The van der Waals surface area contributed by atoms with E-state index in [0.29, 0.717) is 12.0 Å². The summed E-state index contributed by atoms with van der Waals surface area (Å²) >= 11 is 1.93. The van der Waals surface area contributed by atoms with Gasteiger partial charge in [0.15, 0.2) is 5.13 Å². The lowest BCUT2D eigenvalue weighted by Gasteiger charge is -2.27. The molecule has 1 heterocycles. The molecule has 0 amide bonds. The summed E-state index contributed by atoms with van der Waals surface area (Å²) < 4.78 is 0. The molecule has 1 N–H and O–H groups in total. The molecule has 0 unspecified atom stereocenters. The normalized spacial score (nSPS) is 18.8. The lowest BCUT2D eigenvalue weighted by molar-refractivity contribution is 0.569. The summed E-state index contributed by atoms with van der Waals surface area (Å²) in [5.41, 5.74) is 1.40. The van der Waals surface area contributed by atoms with Crippen LogP contribution in [0, 0.1) is 5.92 Å². The van der Waals surface area contributed by atoms with E-state index in [1.807, 2.05) is 11.3 Å². The van der Waals surface area contributed by atoms with Crippen molar-refractivity contribution in [3.63, 3.8) is 0 Å². The molecule has 1 aromatic rings. The molecule has 3 rings (SSSR count). The first kappa shape index (κ1) is 15.3. The molecule has 0 saturated heterocycles. The minimum absolute atomic E-state index is 0.523. The minimum Gasteiger partial charge on any atom is -0.345 e. The van der Waals surface area contributed by atoms with Gasteiger partial charge in [0.25, 0.3) is 0 Å². The number of thiazole rings is 1. The fourth-order valence-electron chi connectivity index (χ4n) is 2.70. The molecule has 0 aromatic carbocycles. The first-order chi connectivity index (χ1) is 10.0. The Labute approximate surface area is 133 Å². The van der Waals surface area contributed by atoms with E-state index in [1.165, 1.54) is 41.4 Å². The van der Waals surface area contributed by atoms with E-state index in [1.54, 1.807) is 0 Å². The van der Waals surface area contributed by atoms with Crippen molar-refractivity contribution in [3.8, 4) is 0 Å². The summed E-state index contributed by atoms with van der Waals surface area (Å²) in [5.74, 6) is 1.42. The fraction of sp³-hybridized carbons (Fsp3) is 0.824. The molecular formula is C17H29N3S. The number of rotatable bonds is 8. The van der Waals surface area contributed by atoms with Crippen LogP contribution < -0.4 is 10.2 Å². The van der Waals surface area contributed by atoms with Crippen LogP contribution in [0.3, 0.4) is 0 Å². The first-order valence-electron chi connectivity index (χ1n) is 8.54. The number of hydrogen-bond donors (Lipinski definition) is 1. The Morgan fingerprint density at radius 1 is 1.19 bits per heavy atom. The monoisotopic (exact) mass is 307 g/mol. The quantitative estimate of drug-likeness (QED) is 0.782. The number of nitrogens with zero attached hydrogens (tertiary/aromatic N) is 2. The van der Waals surface area contributed by atoms with Crippen LogP contribution in [0.1, 0.15) is 69.9 Å². The Morgan fingerprint density at radius 3 is 2.43 bits per heavy atom. The highest BCUT2D eigenvalue weighted by atomic mass is 32.1. The summed E-state index contributed by atoms with van der Waals surface area (Å²) in [4.78, 5) is 9.03. The number of aromatic nitrogens is 1. The highest BCUT2D eigenvalue weighted by Crippen LogP contribution is 2.44. The highest BCUT2D eigenvalue weighted by molar-refractivity contribution is 7.15. The molecule has 0 radical (unpaired) electrons. The summed E-state index contributed by atoms with van der Waals surface area (Å²) in [7, 11) is 0. The maximum absolute atomic E-state index is 5.05. The van der Waals surface area contributed by atoms with Gasteiger partial charge < -0.3 is 10.2 Å². The number of anilines is 1. The molecule has 3 nitrogen and oxygen atoms in total. The zero-order valence-corrected chi connectivity index (χ0v) is 14.7. The van der Waals surface area contributed by atoms with E-state index >= 15 is 0 Å². The SMILES string of the molecule is CC(C)CN(c1nc(C2CC2)c(CNC2CC2)s1)C(C)C.